The van der Waals surface area contributed by atoms with E-state index in [1.54, 1.807) is 29.1 Å². The number of anilines is 2. The molecule has 2 amide bonds. The normalized spacial score (nSPS) is 19.7. The van der Waals surface area contributed by atoms with Crippen molar-refractivity contribution in [2.45, 2.75) is 31.7 Å². The molecule has 0 saturated carbocycles. The molecule has 1 N–H and O–H groups in total. The summed E-state index contributed by atoms with van der Waals surface area (Å²) in [6.07, 6.45) is -3.03. The van der Waals surface area contributed by atoms with Crippen LogP contribution in [0.1, 0.15) is 24.9 Å². The van der Waals surface area contributed by atoms with Crippen molar-refractivity contribution in [3.05, 3.63) is 66.1 Å². The van der Waals surface area contributed by atoms with Crippen LogP contribution in [0.3, 0.4) is 0 Å². The number of hydrogen-bond donors (Lipinski definition) is 1. The second-order valence-corrected chi connectivity index (χ2v) is 9.33. The van der Waals surface area contributed by atoms with Crippen molar-refractivity contribution in [3.63, 3.8) is 0 Å². The van der Waals surface area contributed by atoms with Crippen molar-refractivity contribution in [2.24, 2.45) is 0 Å². The number of nitrogens with one attached hydrogen (secondary N) is 1. The smallest absolute Gasteiger partial charge is 0.416 e. The molecular weight excluding hydrogens is 506 g/mol. The van der Waals surface area contributed by atoms with E-state index in [0.29, 0.717) is 42.1 Å². The molecule has 3 aromatic rings. The molecule has 0 aliphatic carbocycles. The number of aromatic nitrogens is 2. The zero-order valence-corrected chi connectivity index (χ0v) is 20.4. The molecule has 200 valence electrons. The van der Waals surface area contributed by atoms with Gasteiger partial charge in [-0.1, -0.05) is 12.1 Å². The minimum absolute atomic E-state index is 0.0413. The fourth-order valence-corrected chi connectivity index (χ4v) is 4.72. The van der Waals surface area contributed by atoms with E-state index in [9.17, 15) is 22.8 Å². The Hall–Kier alpha value is -4.09. The number of cyclic esters (lactones) is 1. The summed E-state index contributed by atoms with van der Waals surface area (Å²) in [5, 5.41) is 7.15. The highest BCUT2D eigenvalue weighted by Gasteiger charge is 2.34. The molecule has 8 nitrogen and oxygen atoms in total. The number of amides is 2. The van der Waals surface area contributed by atoms with Crippen LogP contribution >= 0.6 is 0 Å². The zero-order valence-electron chi connectivity index (χ0n) is 20.4. The van der Waals surface area contributed by atoms with Crippen LogP contribution in [0.5, 0.6) is 0 Å². The van der Waals surface area contributed by atoms with E-state index in [-0.39, 0.29) is 25.0 Å². The summed E-state index contributed by atoms with van der Waals surface area (Å²) in [4.78, 5) is 26.6. The average molecular weight is 532 g/mol. The van der Waals surface area contributed by atoms with Crippen molar-refractivity contribution >= 4 is 23.4 Å². The highest BCUT2D eigenvalue weighted by molar-refractivity contribution is 5.90. The van der Waals surface area contributed by atoms with Crippen LogP contribution in [-0.2, 0) is 15.7 Å². The molecule has 38 heavy (non-hydrogen) atoms. The number of carbonyl (C=O) groups excluding carboxylic acids is 2. The number of rotatable bonds is 6. The summed E-state index contributed by atoms with van der Waals surface area (Å²) in [5.41, 5.74) is 1.18. The first-order chi connectivity index (χ1) is 18.1. The molecule has 2 fully saturated rings. The lowest BCUT2D eigenvalue weighted by Crippen LogP contribution is -2.33. The Morgan fingerprint density at radius 3 is 2.58 bits per heavy atom. The highest BCUT2D eigenvalue weighted by Crippen LogP contribution is 2.33. The number of benzene rings is 2. The topological polar surface area (TPSA) is 79.7 Å². The Bertz CT molecular complexity index is 1340. The summed E-state index contributed by atoms with van der Waals surface area (Å²) in [6.45, 7) is 2.83. The molecule has 2 atom stereocenters. The molecule has 2 aliphatic rings. The number of nitrogens with zero attached hydrogens (tertiary/aromatic N) is 4. The molecule has 12 heteroatoms. The van der Waals surface area contributed by atoms with E-state index >= 15 is 4.39 Å². The van der Waals surface area contributed by atoms with Crippen molar-refractivity contribution < 1.29 is 31.9 Å². The number of hydrogen-bond acceptors (Lipinski definition) is 5. The van der Waals surface area contributed by atoms with E-state index in [1.165, 1.54) is 30.0 Å². The van der Waals surface area contributed by atoms with Gasteiger partial charge in [-0.25, -0.2) is 9.18 Å². The van der Waals surface area contributed by atoms with E-state index in [0.717, 1.165) is 12.1 Å². The Labute approximate surface area is 215 Å². The first-order valence-electron chi connectivity index (χ1n) is 12.1. The largest absolute Gasteiger partial charge is 0.442 e. The van der Waals surface area contributed by atoms with Crippen LogP contribution < -0.4 is 15.1 Å². The van der Waals surface area contributed by atoms with Crippen molar-refractivity contribution in [3.8, 4) is 11.3 Å². The summed E-state index contributed by atoms with van der Waals surface area (Å²) < 4.78 is 60.6. The molecule has 2 saturated heterocycles. The molecule has 0 spiro atoms. The number of alkyl halides is 3. The van der Waals surface area contributed by atoms with Gasteiger partial charge in [-0.3, -0.25) is 14.4 Å². The first-order valence-corrected chi connectivity index (χ1v) is 12.1. The molecule has 5 rings (SSSR count). The van der Waals surface area contributed by atoms with Crippen molar-refractivity contribution in [1.82, 2.24) is 15.1 Å². The summed E-state index contributed by atoms with van der Waals surface area (Å²) in [7, 11) is 0. The third kappa shape index (κ3) is 5.29. The first kappa shape index (κ1) is 25.6. The predicted octanol–water partition coefficient (Wildman–Crippen LogP) is 4.62. The fraction of sp³-hybridized carbons (Fsp3) is 0.346. The van der Waals surface area contributed by atoms with E-state index in [1.807, 2.05) is 4.90 Å². The quantitative estimate of drug-likeness (QED) is 0.470. The van der Waals surface area contributed by atoms with Crippen LogP contribution in [0, 0.1) is 5.82 Å². The SMILES string of the molecule is CC(=O)NC[C@H]1CN(c2ccc(N3CC[C@@H](n4ccc(-c5ccc(C(F)(F)F)cc5)n4)C3)c(F)c2)C(=O)O1. The standard InChI is InChI=1S/C26H25F4N5O3/c1-16(36)31-13-21-15-34(25(37)38-21)19-6-7-24(22(27)12-19)33-10-8-20(14-33)35-11-9-23(32-35)17-2-4-18(5-3-17)26(28,29)30/h2-7,9,11-12,20-21H,8,10,13-15H2,1H3,(H,31,36)/t20-,21+/m1/s1. The summed E-state index contributed by atoms with van der Waals surface area (Å²) in [6, 6.07) is 11.1. The van der Waals surface area contributed by atoms with Gasteiger partial charge in [0.25, 0.3) is 0 Å². The van der Waals surface area contributed by atoms with Gasteiger partial charge in [0.15, 0.2) is 0 Å². The zero-order chi connectivity index (χ0) is 27.0. The maximum absolute atomic E-state index is 15.1. The second-order valence-electron chi connectivity index (χ2n) is 9.33. The van der Waals surface area contributed by atoms with Crippen LogP contribution in [0.25, 0.3) is 11.3 Å². The lowest BCUT2D eigenvalue weighted by molar-refractivity contribution is -0.137. The van der Waals surface area contributed by atoms with E-state index in [4.69, 9.17) is 4.74 Å². The van der Waals surface area contributed by atoms with E-state index < -0.39 is 29.8 Å². The highest BCUT2D eigenvalue weighted by atomic mass is 19.4. The number of ether oxygens (including phenoxy) is 1. The molecule has 1 aromatic heterocycles. The number of carbonyl (C=O) groups is 2. The molecule has 0 radical (unpaired) electrons. The Morgan fingerprint density at radius 2 is 1.89 bits per heavy atom. The lowest BCUT2D eigenvalue weighted by atomic mass is 10.1. The third-order valence-electron chi connectivity index (χ3n) is 6.69. The maximum Gasteiger partial charge on any atom is 0.416 e. The second kappa shape index (κ2) is 9.99. The fourth-order valence-electron chi connectivity index (χ4n) is 4.72. The Morgan fingerprint density at radius 1 is 1.13 bits per heavy atom. The molecule has 0 bridgehead atoms. The predicted molar refractivity (Wildman–Crippen MR) is 131 cm³/mol. The van der Waals surface area contributed by atoms with Gasteiger partial charge in [-0.15, -0.1) is 0 Å². The maximum atomic E-state index is 15.1. The van der Waals surface area contributed by atoms with Gasteiger partial charge in [0.05, 0.1) is 41.8 Å². The average Bonchev–Trinajstić information content (AvgIpc) is 3.62. The van der Waals surface area contributed by atoms with Gasteiger partial charge in [0.1, 0.15) is 11.9 Å². The minimum atomic E-state index is -4.40. The Kier molecular flexibility index (Phi) is 6.72. The Balaban J connectivity index is 1.23. The molecule has 2 aromatic carbocycles. The van der Waals surface area contributed by atoms with Gasteiger partial charge in [-0.05, 0) is 42.8 Å². The van der Waals surface area contributed by atoms with Crippen molar-refractivity contribution in [2.75, 3.05) is 36.0 Å². The number of halogens is 4. The van der Waals surface area contributed by atoms with Crippen molar-refractivity contribution in [1.29, 1.82) is 0 Å². The lowest BCUT2D eigenvalue weighted by Gasteiger charge is -2.21. The minimum Gasteiger partial charge on any atom is -0.442 e. The van der Waals surface area contributed by atoms with Crippen LogP contribution in [-0.4, -0.2) is 54.1 Å². The summed E-state index contributed by atoms with van der Waals surface area (Å²) >= 11 is 0. The van der Waals surface area contributed by atoms with E-state index in [2.05, 4.69) is 10.4 Å². The van der Waals surface area contributed by atoms with Gasteiger partial charge in [0.2, 0.25) is 5.91 Å². The monoisotopic (exact) mass is 531 g/mol. The van der Waals surface area contributed by atoms with Crippen LogP contribution in [0.4, 0.5) is 33.7 Å². The van der Waals surface area contributed by atoms with Gasteiger partial charge in [0, 0.05) is 31.8 Å². The molecular formula is C26H25F4N5O3. The molecule has 0 unspecified atom stereocenters. The van der Waals surface area contributed by atoms with Crippen LogP contribution in [0.2, 0.25) is 0 Å². The summed E-state index contributed by atoms with van der Waals surface area (Å²) in [5.74, 6) is -0.711. The van der Waals surface area contributed by atoms with Gasteiger partial charge >= 0.3 is 12.3 Å². The van der Waals surface area contributed by atoms with Crippen LogP contribution in [0.15, 0.2) is 54.7 Å². The molecule has 2 aliphatic heterocycles. The third-order valence-corrected chi connectivity index (χ3v) is 6.69. The van der Waals surface area contributed by atoms with Gasteiger partial charge < -0.3 is 15.0 Å². The van der Waals surface area contributed by atoms with Gasteiger partial charge in [-0.2, -0.15) is 18.3 Å². The molecule has 3 heterocycles.